The lowest BCUT2D eigenvalue weighted by Crippen LogP contribution is -2.42. The summed E-state index contributed by atoms with van der Waals surface area (Å²) in [5.74, 6) is 0.566. The maximum Gasteiger partial charge on any atom is 0.260 e. The number of rotatable bonds is 2. The Morgan fingerprint density at radius 3 is 2.94 bits per heavy atom. The standard InChI is InChI=1S/C9H15N3O3S/c1-7-10-5-9(11-7)16(14,15)12-4-2-3-8(13)6-12/h5,8,13H,2-4,6H2,1H3,(H,10,11). The Kier molecular flexibility index (Phi) is 3.00. The number of aromatic nitrogens is 2. The quantitative estimate of drug-likeness (QED) is 0.759. The molecule has 1 unspecified atom stereocenters. The smallest absolute Gasteiger partial charge is 0.260 e. The maximum absolute atomic E-state index is 12.1. The van der Waals surface area contributed by atoms with Crippen LogP contribution in [0, 0.1) is 6.92 Å². The van der Waals surface area contributed by atoms with Gasteiger partial charge in [0.25, 0.3) is 10.0 Å². The second-order valence-corrected chi connectivity index (χ2v) is 5.90. The molecule has 1 atom stereocenters. The minimum absolute atomic E-state index is 0.0964. The maximum atomic E-state index is 12.1. The van der Waals surface area contributed by atoms with E-state index in [2.05, 4.69) is 9.97 Å². The molecule has 1 fully saturated rings. The van der Waals surface area contributed by atoms with Crippen LogP contribution in [-0.2, 0) is 10.0 Å². The van der Waals surface area contributed by atoms with Crippen LogP contribution in [0.1, 0.15) is 18.7 Å². The van der Waals surface area contributed by atoms with Gasteiger partial charge in [0.1, 0.15) is 5.82 Å². The molecule has 2 heterocycles. The van der Waals surface area contributed by atoms with Crippen LogP contribution >= 0.6 is 0 Å². The SMILES string of the molecule is Cc1ncc(S(=O)(=O)N2CCCC(O)C2)[nH]1. The minimum Gasteiger partial charge on any atom is -0.392 e. The highest BCUT2D eigenvalue weighted by atomic mass is 32.2. The second-order valence-electron chi connectivity index (χ2n) is 3.99. The van der Waals surface area contributed by atoms with E-state index < -0.39 is 16.1 Å². The third-order valence-corrected chi connectivity index (χ3v) is 4.43. The summed E-state index contributed by atoms with van der Waals surface area (Å²) in [7, 11) is -3.52. The van der Waals surface area contributed by atoms with Gasteiger partial charge < -0.3 is 10.1 Å². The number of hydrogen-bond donors (Lipinski definition) is 2. The lowest BCUT2D eigenvalue weighted by molar-refractivity contribution is 0.108. The van der Waals surface area contributed by atoms with Gasteiger partial charge in [-0.1, -0.05) is 0 Å². The third-order valence-electron chi connectivity index (χ3n) is 2.66. The minimum atomic E-state index is -3.52. The highest BCUT2D eigenvalue weighted by molar-refractivity contribution is 7.89. The van der Waals surface area contributed by atoms with Crippen molar-refractivity contribution < 1.29 is 13.5 Å². The zero-order chi connectivity index (χ0) is 11.8. The molecule has 2 rings (SSSR count). The molecule has 1 aliphatic heterocycles. The molecule has 0 amide bonds. The van der Waals surface area contributed by atoms with Crippen molar-refractivity contribution in [3.8, 4) is 0 Å². The first kappa shape index (κ1) is 11.6. The van der Waals surface area contributed by atoms with Gasteiger partial charge in [0, 0.05) is 13.1 Å². The number of aliphatic hydroxyl groups excluding tert-OH is 1. The summed E-state index contributed by atoms with van der Waals surface area (Å²) < 4.78 is 25.5. The Balaban J connectivity index is 2.25. The summed E-state index contributed by atoms with van der Waals surface area (Å²) in [6.45, 7) is 2.32. The first-order valence-electron chi connectivity index (χ1n) is 5.20. The van der Waals surface area contributed by atoms with Gasteiger partial charge in [0.15, 0.2) is 5.03 Å². The fraction of sp³-hybridized carbons (Fsp3) is 0.667. The molecular formula is C9H15N3O3S. The number of sulfonamides is 1. The Hall–Kier alpha value is -0.920. The average Bonchev–Trinajstić information content (AvgIpc) is 2.65. The first-order valence-corrected chi connectivity index (χ1v) is 6.64. The Morgan fingerprint density at radius 2 is 2.38 bits per heavy atom. The second kappa shape index (κ2) is 4.15. The molecule has 16 heavy (non-hydrogen) atoms. The van der Waals surface area contributed by atoms with E-state index in [4.69, 9.17) is 0 Å². The van der Waals surface area contributed by atoms with Gasteiger partial charge in [-0.25, -0.2) is 13.4 Å². The number of hydrogen-bond acceptors (Lipinski definition) is 4. The fourth-order valence-corrected chi connectivity index (χ4v) is 3.29. The van der Waals surface area contributed by atoms with E-state index in [0.29, 0.717) is 25.2 Å². The van der Waals surface area contributed by atoms with E-state index in [-0.39, 0.29) is 11.6 Å². The van der Waals surface area contributed by atoms with Gasteiger partial charge in [-0.3, -0.25) is 0 Å². The Bertz CT molecular complexity index is 468. The van der Waals surface area contributed by atoms with Crippen LogP contribution in [0.15, 0.2) is 11.2 Å². The number of nitrogens with one attached hydrogen (secondary N) is 1. The molecule has 0 spiro atoms. The van der Waals surface area contributed by atoms with Gasteiger partial charge in [0.2, 0.25) is 0 Å². The van der Waals surface area contributed by atoms with Gasteiger partial charge in [0.05, 0.1) is 12.3 Å². The lowest BCUT2D eigenvalue weighted by Gasteiger charge is -2.28. The van der Waals surface area contributed by atoms with Crippen LogP contribution < -0.4 is 0 Å². The van der Waals surface area contributed by atoms with Crippen molar-refractivity contribution in [2.75, 3.05) is 13.1 Å². The first-order chi connectivity index (χ1) is 7.50. The molecule has 90 valence electrons. The lowest BCUT2D eigenvalue weighted by atomic mass is 10.1. The molecular weight excluding hydrogens is 230 g/mol. The Morgan fingerprint density at radius 1 is 1.62 bits per heavy atom. The average molecular weight is 245 g/mol. The van der Waals surface area contributed by atoms with Crippen molar-refractivity contribution in [1.29, 1.82) is 0 Å². The summed E-state index contributed by atoms with van der Waals surface area (Å²) in [6.07, 6.45) is 2.10. The number of nitrogens with zero attached hydrogens (tertiary/aromatic N) is 2. The number of aliphatic hydroxyl groups is 1. The predicted molar refractivity (Wildman–Crippen MR) is 57.3 cm³/mol. The largest absolute Gasteiger partial charge is 0.392 e. The molecule has 2 N–H and O–H groups in total. The molecule has 0 aliphatic carbocycles. The van der Waals surface area contributed by atoms with Crippen LogP contribution in [0.2, 0.25) is 0 Å². The molecule has 1 aliphatic rings. The number of β-amino-alcohol motifs (C(OH)–C–C–N with tert-alkyl or cyclic N) is 1. The van der Waals surface area contributed by atoms with E-state index >= 15 is 0 Å². The highest BCUT2D eigenvalue weighted by Gasteiger charge is 2.30. The van der Waals surface area contributed by atoms with Gasteiger partial charge >= 0.3 is 0 Å². The topological polar surface area (TPSA) is 86.3 Å². The van der Waals surface area contributed by atoms with E-state index in [1.165, 1.54) is 10.5 Å². The van der Waals surface area contributed by atoms with Crippen molar-refractivity contribution in [3.63, 3.8) is 0 Å². The molecule has 7 heteroatoms. The normalized spacial score (nSPS) is 23.5. The van der Waals surface area contributed by atoms with Crippen LogP contribution in [-0.4, -0.2) is 47.0 Å². The summed E-state index contributed by atoms with van der Waals surface area (Å²) in [4.78, 5) is 6.58. The number of aromatic amines is 1. The zero-order valence-electron chi connectivity index (χ0n) is 9.05. The van der Waals surface area contributed by atoms with Gasteiger partial charge in [-0.15, -0.1) is 0 Å². The van der Waals surface area contributed by atoms with Crippen molar-refractivity contribution in [2.24, 2.45) is 0 Å². The summed E-state index contributed by atoms with van der Waals surface area (Å²) >= 11 is 0. The van der Waals surface area contributed by atoms with E-state index in [0.717, 1.165) is 0 Å². The van der Waals surface area contributed by atoms with E-state index in [1.54, 1.807) is 6.92 Å². The molecule has 0 radical (unpaired) electrons. The van der Waals surface area contributed by atoms with Crippen molar-refractivity contribution in [1.82, 2.24) is 14.3 Å². The predicted octanol–water partition coefficient (Wildman–Crippen LogP) is -0.136. The van der Waals surface area contributed by atoms with Crippen LogP contribution in [0.4, 0.5) is 0 Å². The summed E-state index contributed by atoms with van der Waals surface area (Å²) in [6, 6.07) is 0. The van der Waals surface area contributed by atoms with Crippen LogP contribution in [0.5, 0.6) is 0 Å². The number of piperidine rings is 1. The zero-order valence-corrected chi connectivity index (χ0v) is 9.87. The van der Waals surface area contributed by atoms with Crippen molar-refractivity contribution in [2.45, 2.75) is 30.9 Å². The van der Waals surface area contributed by atoms with Crippen LogP contribution in [0.3, 0.4) is 0 Å². The Labute approximate surface area is 94.4 Å². The molecule has 0 aromatic carbocycles. The van der Waals surface area contributed by atoms with Crippen molar-refractivity contribution >= 4 is 10.0 Å². The third kappa shape index (κ3) is 2.11. The molecule has 1 aromatic heterocycles. The van der Waals surface area contributed by atoms with Gasteiger partial charge in [-0.2, -0.15) is 4.31 Å². The highest BCUT2D eigenvalue weighted by Crippen LogP contribution is 2.19. The molecule has 0 saturated carbocycles. The number of H-pyrrole nitrogens is 1. The van der Waals surface area contributed by atoms with Crippen LogP contribution in [0.25, 0.3) is 0 Å². The van der Waals surface area contributed by atoms with E-state index in [1.807, 2.05) is 0 Å². The van der Waals surface area contributed by atoms with E-state index in [9.17, 15) is 13.5 Å². The number of aryl methyl sites for hydroxylation is 1. The summed E-state index contributed by atoms with van der Waals surface area (Å²) in [5.41, 5.74) is 0. The molecule has 0 bridgehead atoms. The monoisotopic (exact) mass is 245 g/mol. The molecule has 6 nitrogen and oxygen atoms in total. The number of imidazole rings is 1. The molecule has 1 aromatic rings. The van der Waals surface area contributed by atoms with Gasteiger partial charge in [-0.05, 0) is 19.8 Å². The van der Waals surface area contributed by atoms with Crippen molar-refractivity contribution in [3.05, 3.63) is 12.0 Å². The summed E-state index contributed by atoms with van der Waals surface area (Å²) in [5, 5.41) is 9.56. The molecule has 1 saturated heterocycles. The fourth-order valence-electron chi connectivity index (χ4n) is 1.81.